The largest absolute Gasteiger partial charge is 0.478 e. The van der Waals surface area contributed by atoms with Gasteiger partial charge in [0, 0.05) is 0 Å². The standard InChI is InChI=1S/C14H18O10/c15-4-7(16)10(18)12(20)11(19)9(17)5-2-1-3-6(13(21)22)8(5)14(23)24/h1-3,7,9-12,15-20H,4H2,(H,21,22)(H,23,24)/t7-,9?,10+,11+,12-/m0/s1. The smallest absolute Gasteiger partial charge is 0.336 e. The highest BCUT2D eigenvalue weighted by Gasteiger charge is 2.36. The first-order chi connectivity index (χ1) is 11.1. The van der Waals surface area contributed by atoms with Crippen LogP contribution < -0.4 is 0 Å². The van der Waals surface area contributed by atoms with E-state index in [2.05, 4.69) is 0 Å². The number of aliphatic hydroxyl groups is 6. The molecule has 10 heteroatoms. The fraction of sp³-hybridized carbons (Fsp3) is 0.429. The van der Waals surface area contributed by atoms with E-state index in [1.807, 2.05) is 0 Å². The molecule has 0 bridgehead atoms. The monoisotopic (exact) mass is 346 g/mol. The van der Waals surface area contributed by atoms with E-state index in [0.29, 0.717) is 0 Å². The summed E-state index contributed by atoms with van der Waals surface area (Å²) < 4.78 is 0. The van der Waals surface area contributed by atoms with Crippen molar-refractivity contribution in [1.82, 2.24) is 0 Å². The van der Waals surface area contributed by atoms with Gasteiger partial charge in [-0.05, 0) is 11.6 Å². The van der Waals surface area contributed by atoms with Gasteiger partial charge in [-0.2, -0.15) is 0 Å². The molecule has 24 heavy (non-hydrogen) atoms. The molecule has 1 unspecified atom stereocenters. The zero-order valence-electron chi connectivity index (χ0n) is 12.2. The van der Waals surface area contributed by atoms with E-state index in [1.54, 1.807) is 0 Å². The van der Waals surface area contributed by atoms with Crippen LogP contribution >= 0.6 is 0 Å². The highest BCUT2D eigenvalue weighted by Crippen LogP contribution is 2.27. The van der Waals surface area contributed by atoms with Gasteiger partial charge in [-0.1, -0.05) is 12.1 Å². The Hall–Kier alpha value is -2.08. The van der Waals surface area contributed by atoms with Crippen molar-refractivity contribution in [2.45, 2.75) is 30.5 Å². The molecule has 0 radical (unpaired) electrons. The zero-order valence-corrected chi connectivity index (χ0v) is 12.2. The third kappa shape index (κ3) is 4.06. The van der Waals surface area contributed by atoms with Crippen molar-refractivity contribution in [3.8, 4) is 0 Å². The predicted molar refractivity (Wildman–Crippen MR) is 76.4 cm³/mol. The summed E-state index contributed by atoms with van der Waals surface area (Å²) in [6.45, 7) is -0.935. The Morgan fingerprint density at radius 2 is 1.46 bits per heavy atom. The SMILES string of the molecule is O=C(O)c1cccc(C(O)[C@@H](O)[C@@H](O)[C@H](O)[C@@H](O)CO)c1C(=O)O. The van der Waals surface area contributed by atoms with Gasteiger partial charge in [-0.25, -0.2) is 9.59 Å². The van der Waals surface area contributed by atoms with Crippen LogP contribution in [0.3, 0.4) is 0 Å². The molecule has 0 saturated carbocycles. The van der Waals surface area contributed by atoms with E-state index < -0.39 is 65.8 Å². The Balaban J connectivity index is 3.23. The Morgan fingerprint density at radius 1 is 0.875 bits per heavy atom. The fourth-order valence-corrected chi connectivity index (χ4v) is 2.14. The average Bonchev–Trinajstić information content (AvgIpc) is 2.57. The molecular weight excluding hydrogens is 328 g/mol. The number of hydrogen-bond acceptors (Lipinski definition) is 8. The Kier molecular flexibility index (Phi) is 6.78. The van der Waals surface area contributed by atoms with E-state index in [1.165, 1.54) is 0 Å². The lowest BCUT2D eigenvalue weighted by molar-refractivity contribution is -0.141. The molecule has 134 valence electrons. The summed E-state index contributed by atoms with van der Waals surface area (Å²) in [5.41, 5.74) is -1.93. The Morgan fingerprint density at radius 3 is 1.92 bits per heavy atom. The van der Waals surface area contributed by atoms with Crippen LogP contribution in [-0.2, 0) is 0 Å². The topological polar surface area (TPSA) is 196 Å². The van der Waals surface area contributed by atoms with Crippen molar-refractivity contribution in [2.75, 3.05) is 6.61 Å². The second-order valence-corrected chi connectivity index (χ2v) is 5.05. The number of hydrogen-bond donors (Lipinski definition) is 8. The third-order valence-electron chi connectivity index (χ3n) is 3.46. The second-order valence-electron chi connectivity index (χ2n) is 5.05. The molecule has 5 atom stereocenters. The van der Waals surface area contributed by atoms with Crippen molar-refractivity contribution in [3.63, 3.8) is 0 Å². The average molecular weight is 346 g/mol. The third-order valence-corrected chi connectivity index (χ3v) is 3.46. The first-order valence-corrected chi connectivity index (χ1v) is 6.74. The van der Waals surface area contributed by atoms with Gasteiger partial charge < -0.3 is 40.9 Å². The van der Waals surface area contributed by atoms with E-state index in [4.69, 9.17) is 15.3 Å². The van der Waals surface area contributed by atoms with Gasteiger partial charge in [0.2, 0.25) is 0 Å². The highest BCUT2D eigenvalue weighted by molar-refractivity contribution is 6.02. The molecular formula is C14H18O10. The maximum atomic E-state index is 11.3. The molecule has 0 aliphatic carbocycles. The zero-order chi connectivity index (χ0) is 18.6. The van der Waals surface area contributed by atoms with Gasteiger partial charge in [0.1, 0.15) is 30.5 Å². The number of benzene rings is 1. The maximum absolute atomic E-state index is 11.3. The minimum atomic E-state index is -2.16. The number of rotatable bonds is 8. The van der Waals surface area contributed by atoms with Crippen LogP contribution in [0.15, 0.2) is 18.2 Å². The van der Waals surface area contributed by atoms with Gasteiger partial charge >= 0.3 is 11.9 Å². The maximum Gasteiger partial charge on any atom is 0.336 e. The van der Waals surface area contributed by atoms with Crippen molar-refractivity contribution in [1.29, 1.82) is 0 Å². The number of carboxylic acids is 2. The molecule has 1 rings (SSSR count). The summed E-state index contributed by atoms with van der Waals surface area (Å²) in [4.78, 5) is 22.4. The van der Waals surface area contributed by atoms with Gasteiger partial charge in [0.05, 0.1) is 17.7 Å². The van der Waals surface area contributed by atoms with Crippen LogP contribution in [0.25, 0.3) is 0 Å². The number of aromatic carboxylic acids is 2. The fourth-order valence-electron chi connectivity index (χ4n) is 2.14. The van der Waals surface area contributed by atoms with Crippen LogP contribution in [0.2, 0.25) is 0 Å². The molecule has 0 aromatic heterocycles. The van der Waals surface area contributed by atoms with Crippen LogP contribution in [0, 0.1) is 0 Å². The van der Waals surface area contributed by atoms with Crippen molar-refractivity contribution >= 4 is 11.9 Å². The summed E-state index contributed by atoms with van der Waals surface area (Å²) >= 11 is 0. The summed E-state index contributed by atoms with van der Waals surface area (Å²) in [6, 6.07) is 3.15. The lowest BCUT2D eigenvalue weighted by Gasteiger charge is -2.29. The summed E-state index contributed by atoms with van der Waals surface area (Å²) in [5.74, 6) is -3.26. The normalized spacial score (nSPS) is 17.6. The van der Waals surface area contributed by atoms with Gasteiger partial charge in [0.15, 0.2) is 0 Å². The molecule has 1 aromatic rings. The summed E-state index contributed by atoms with van der Waals surface area (Å²) in [7, 11) is 0. The van der Waals surface area contributed by atoms with Crippen LogP contribution in [0.5, 0.6) is 0 Å². The van der Waals surface area contributed by atoms with Crippen LogP contribution in [0.1, 0.15) is 32.4 Å². The molecule has 0 aliphatic heterocycles. The highest BCUT2D eigenvalue weighted by atomic mass is 16.4. The van der Waals surface area contributed by atoms with E-state index in [9.17, 15) is 35.1 Å². The molecule has 10 nitrogen and oxygen atoms in total. The van der Waals surface area contributed by atoms with E-state index in [0.717, 1.165) is 18.2 Å². The minimum Gasteiger partial charge on any atom is -0.478 e. The van der Waals surface area contributed by atoms with E-state index >= 15 is 0 Å². The first kappa shape index (κ1) is 20.0. The molecule has 0 fully saturated rings. The predicted octanol–water partition coefficient (Wildman–Crippen LogP) is -2.45. The van der Waals surface area contributed by atoms with Gasteiger partial charge in [0.25, 0.3) is 0 Å². The number of carbonyl (C=O) groups is 2. The van der Waals surface area contributed by atoms with Crippen LogP contribution in [-0.4, -0.2) is 83.8 Å². The van der Waals surface area contributed by atoms with Crippen LogP contribution in [0.4, 0.5) is 0 Å². The lowest BCUT2D eigenvalue weighted by Crippen LogP contribution is -2.48. The summed E-state index contributed by atoms with van der Waals surface area (Å²) in [5, 5.41) is 75.3. The molecule has 8 N–H and O–H groups in total. The molecule has 0 aliphatic rings. The van der Waals surface area contributed by atoms with Gasteiger partial charge in [-0.3, -0.25) is 0 Å². The minimum absolute atomic E-state index is 0.500. The summed E-state index contributed by atoms with van der Waals surface area (Å²) in [6.07, 6.45) is -10.2. The Labute approximate surface area is 135 Å². The second kappa shape index (κ2) is 8.15. The van der Waals surface area contributed by atoms with Crippen molar-refractivity contribution in [2.24, 2.45) is 0 Å². The molecule has 0 spiro atoms. The molecule has 0 saturated heterocycles. The van der Waals surface area contributed by atoms with E-state index in [-0.39, 0.29) is 0 Å². The molecule has 1 aromatic carbocycles. The number of aliphatic hydroxyl groups excluding tert-OH is 6. The first-order valence-electron chi connectivity index (χ1n) is 6.74. The van der Waals surface area contributed by atoms with Crippen molar-refractivity contribution in [3.05, 3.63) is 34.9 Å². The van der Waals surface area contributed by atoms with Gasteiger partial charge in [-0.15, -0.1) is 0 Å². The molecule has 0 amide bonds. The Bertz CT molecular complexity index is 601. The van der Waals surface area contributed by atoms with Crippen molar-refractivity contribution < 1.29 is 50.4 Å². The quantitative estimate of drug-likeness (QED) is 0.250. The molecule has 0 heterocycles. The lowest BCUT2D eigenvalue weighted by atomic mass is 9.90. The number of carboxylic acid groups (broad SMARTS) is 2.